The summed E-state index contributed by atoms with van der Waals surface area (Å²) < 4.78 is 0. The van der Waals surface area contributed by atoms with Crippen LogP contribution in [0.4, 0.5) is 0 Å². The zero-order chi connectivity index (χ0) is 48.9. The van der Waals surface area contributed by atoms with Crippen LogP contribution in [0.3, 0.4) is 0 Å². The van der Waals surface area contributed by atoms with Gasteiger partial charge in [-0.05, 0) is 38.0 Å². The van der Waals surface area contributed by atoms with Crippen LogP contribution in [-0.2, 0) is 52.7 Å². The molecule has 0 bridgehead atoms. The molecule has 0 aromatic carbocycles. The van der Waals surface area contributed by atoms with Crippen molar-refractivity contribution in [3.8, 4) is 0 Å². The van der Waals surface area contributed by atoms with Gasteiger partial charge >= 0.3 is 23.9 Å². The van der Waals surface area contributed by atoms with Gasteiger partial charge in [0.25, 0.3) is 0 Å². The van der Waals surface area contributed by atoms with Gasteiger partial charge in [0.2, 0.25) is 53.2 Å². The molecule has 0 saturated carbocycles. The smallest absolute Gasteiger partial charge is 0.338 e. The molecule has 0 saturated heterocycles. The van der Waals surface area contributed by atoms with Crippen molar-refractivity contribution in [1.29, 1.82) is 0 Å². The van der Waals surface area contributed by atoms with Gasteiger partial charge in [-0.15, -0.1) is 0 Å². The van der Waals surface area contributed by atoms with Crippen LogP contribution in [0.15, 0.2) is 0 Å². The molecule has 0 aliphatic carbocycles. The Kier molecular flexibility index (Phi) is 27.6. The Bertz CT molecular complexity index is 1720. The van der Waals surface area contributed by atoms with Gasteiger partial charge in [0, 0.05) is 12.2 Å². The number of rotatable bonds is 32. The summed E-state index contributed by atoms with van der Waals surface area (Å²) in [5.41, 5.74) is 26.8. The fraction of sp³-hybridized carbons (Fsp3) is 0.629. The third-order valence-electron chi connectivity index (χ3n) is 8.84. The minimum atomic E-state index is -1.58. The minimum Gasteiger partial charge on any atom is -0.481 e. The highest BCUT2D eigenvalue weighted by molar-refractivity contribution is 7.80. The molecule has 29 heteroatoms. The van der Waals surface area contributed by atoms with Gasteiger partial charge in [-0.1, -0.05) is 20.3 Å². The van der Waals surface area contributed by atoms with Gasteiger partial charge < -0.3 is 58.5 Å². The van der Waals surface area contributed by atoms with Crippen LogP contribution >= 0.6 is 12.6 Å². The van der Waals surface area contributed by atoms with E-state index in [2.05, 4.69) is 65.1 Å². The van der Waals surface area contributed by atoms with Crippen molar-refractivity contribution in [3.05, 3.63) is 0 Å². The number of carboxylic acids is 2. The molecule has 0 radical (unpaired) electrons. The quantitative estimate of drug-likeness (QED) is 0.00979. The second kappa shape index (κ2) is 31.0. The summed E-state index contributed by atoms with van der Waals surface area (Å²) in [7, 11) is 0. The summed E-state index contributed by atoms with van der Waals surface area (Å²) >= 11 is 3.91. The molecular formula is C35H63N15O13S+2. The van der Waals surface area contributed by atoms with Crippen molar-refractivity contribution in [2.75, 3.05) is 38.5 Å². The lowest BCUT2D eigenvalue weighted by molar-refractivity contribution is -0.460. The number of aliphatic carboxylic acids is 2. The van der Waals surface area contributed by atoms with E-state index in [9.17, 15) is 57.8 Å². The highest BCUT2D eigenvalue weighted by Crippen LogP contribution is 2.10. The molecule has 0 fully saturated rings. The lowest BCUT2D eigenvalue weighted by Gasteiger charge is -2.26. The molecule has 0 aliphatic rings. The second-order valence-corrected chi connectivity index (χ2v) is 14.5. The van der Waals surface area contributed by atoms with E-state index in [1.54, 1.807) is 13.8 Å². The lowest BCUT2D eigenvalue weighted by Crippen LogP contribution is -2.78. The summed E-state index contributed by atoms with van der Waals surface area (Å²) in [6.07, 6.45) is -1.53. The van der Waals surface area contributed by atoms with Gasteiger partial charge in [0.1, 0.15) is 36.6 Å². The van der Waals surface area contributed by atoms with Crippen molar-refractivity contribution in [2.45, 2.75) is 95.4 Å². The molecule has 28 nitrogen and oxygen atoms in total. The Morgan fingerprint density at radius 2 is 1.00 bits per heavy atom. The first-order chi connectivity index (χ1) is 30.0. The Balaban J connectivity index is 5.97. The normalized spacial score (nSPS) is 13.3. The zero-order valence-corrected chi connectivity index (χ0v) is 36.5. The van der Waals surface area contributed by atoms with E-state index in [-0.39, 0.29) is 56.4 Å². The zero-order valence-electron chi connectivity index (χ0n) is 35.6. The highest BCUT2D eigenvalue weighted by atomic mass is 32.1. The van der Waals surface area contributed by atoms with Crippen LogP contribution in [0.5, 0.6) is 0 Å². The number of guanidine groups is 2. The van der Waals surface area contributed by atoms with Crippen molar-refractivity contribution < 1.29 is 72.9 Å². The number of hydrogen-bond donors (Lipinski definition) is 18. The number of nitrogens with one attached hydrogen (secondary N) is 10. The van der Waals surface area contributed by atoms with Crippen LogP contribution in [0.25, 0.3) is 0 Å². The first-order valence-corrected chi connectivity index (χ1v) is 20.5. The third kappa shape index (κ3) is 25.7. The molecule has 9 amide bonds. The van der Waals surface area contributed by atoms with Crippen molar-refractivity contribution in [3.63, 3.8) is 0 Å². The summed E-state index contributed by atoms with van der Waals surface area (Å²) in [5.74, 6) is -11.6. The van der Waals surface area contributed by atoms with Gasteiger partial charge in [-0.25, -0.2) is 0 Å². The van der Waals surface area contributed by atoms with Crippen LogP contribution in [0, 0.1) is 5.92 Å². The number of nitrogens with two attached hydrogens (primary N) is 5. The molecule has 360 valence electrons. The predicted octanol–water partition coefficient (Wildman–Crippen LogP) is -11.2. The van der Waals surface area contributed by atoms with E-state index in [0.717, 1.165) is 0 Å². The molecule has 0 heterocycles. The van der Waals surface area contributed by atoms with Crippen molar-refractivity contribution in [1.82, 2.24) is 42.5 Å². The number of thiol groups is 1. The van der Waals surface area contributed by atoms with Crippen LogP contribution in [0.1, 0.15) is 65.2 Å². The largest absolute Gasteiger partial charge is 0.481 e. The molecular weight excluding hydrogens is 871 g/mol. The van der Waals surface area contributed by atoms with Crippen LogP contribution in [0.2, 0.25) is 0 Å². The molecule has 22 N–H and O–H groups in total. The highest BCUT2D eigenvalue weighted by Gasteiger charge is 2.31. The van der Waals surface area contributed by atoms with Crippen molar-refractivity contribution in [2.24, 2.45) is 34.6 Å². The molecule has 0 rings (SSSR count). The standard InChI is InChI=1S/C35H61N15O13S/c1-3-17(2)28(33(63)45-13-23(52)43-14-24(53)48-21(16-64)29(36)59)50-32(62)19(7-5-11-42-35(39)40)47-25(54)15-44-30(60)20(8-9-26(55)56)49-31(61)18(6-4-10-41-34(37)38)46-22(51)12-27(57)58/h17-21,28,64H,3-16H2,1-2H3,(H2,36,59)(H,43,52)(H,44,60)(H,45,63)(H,46,51)(H,47,54)(H,48,53)(H,49,61)(H,50,62)(H,55,56)(H,57,58)(H4,37,38,41)(H4,39,40,42)/p+2/t17-,18-,19-,20-,21+,28-/m1/s1. The van der Waals surface area contributed by atoms with E-state index in [4.69, 9.17) is 33.8 Å². The summed E-state index contributed by atoms with van der Waals surface area (Å²) in [6, 6.07) is -6.63. The van der Waals surface area contributed by atoms with E-state index >= 15 is 0 Å². The molecule has 0 aromatic rings. The van der Waals surface area contributed by atoms with Gasteiger partial charge in [0.05, 0.1) is 32.7 Å². The van der Waals surface area contributed by atoms with Gasteiger partial charge in [0.15, 0.2) is 0 Å². The molecule has 0 spiro atoms. The SMILES string of the molecule is CC[C@@H](C)[C@@H](NC(=O)[C@@H](CCC[NH+]=C(N)N)NC(=O)CNC(=O)[C@@H](CCC(=O)O)NC(=O)[C@@H](CCC[NH+]=C(N)N)NC(=O)CC(=O)O)C(=O)NCC(=O)NCC(=O)N[C@@H](CS)C(N)=O. The minimum absolute atomic E-state index is 0.0628. The molecule has 0 aromatic heterocycles. The summed E-state index contributed by atoms with van der Waals surface area (Å²) in [4.78, 5) is 142. The number of primary amides is 1. The Morgan fingerprint density at radius 3 is 1.47 bits per heavy atom. The van der Waals surface area contributed by atoms with Gasteiger partial charge in [-0.2, -0.15) is 12.6 Å². The number of hydrogen-bond acceptors (Lipinski definition) is 12. The third-order valence-corrected chi connectivity index (χ3v) is 9.20. The Morgan fingerprint density at radius 1 is 0.547 bits per heavy atom. The molecule has 64 heavy (non-hydrogen) atoms. The number of carboxylic acid groups (broad SMARTS) is 2. The van der Waals surface area contributed by atoms with E-state index < -0.39 is 140 Å². The average molecular weight is 934 g/mol. The maximum atomic E-state index is 13.6. The molecule has 6 atom stereocenters. The monoisotopic (exact) mass is 933 g/mol. The summed E-state index contributed by atoms with van der Waals surface area (Å²) in [6.45, 7) is 1.69. The summed E-state index contributed by atoms with van der Waals surface area (Å²) in [5, 5.41) is 37.0. The Hall–Kier alpha value is -6.94. The first kappa shape index (κ1) is 57.1. The van der Waals surface area contributed by atoms with E-state index in [0.29, 0.717) is 6.42 Å². The fourth-order valence-corrected chi connectivity index (χ4v) is 5.54. The first-order valence-electron chi connectivity index (χ1n) is 19.9. The number of amides is 9. The lowest BCUT2D eigenvalue weighted by atomic mass is 9.97. The Labute approximate surface area is 373 Å². The van der Waals surface area contributed by atoms with E-state index in [1.807, 2.05) is 0 Å². The maximum Gasteiger partial charge on any atom is 0.338 e. The van der Waals surface area contributed by atoms with E-state index in [1.165, 1.54) is 0 Å². The number of carbonyl (C=O) groups excluding carboxylic acids is 9. The van der Waals surface area contributed by atoms with Gasteiger partial charge in [-0.3, -0.25) is 85.7 Å². The maximum absolute atomic E-state index is 13.6. The fourth-order valence-electron chi connectivity index (χ4n) is 5.27. The number of carbonyl (C=O) groups is 11. The molecule has 0 aliphatic heterocycles. The van der Waals surface area contributed by atoms with Crippen LogP contribution < -0.4 is 81.2 Å². The average Bonchev–Trinajstić information content (AvgIpc) is 3.21. The molecule has 0 unspecified atom stereocenters. The topological polar surface area (TPSA) is 483 Å². The second-order valence-electron chi connectivity index (χ2n) is 14.1. The van der Waals surface area contributed by atoms with Crippen LogP contribution in [-0.4, -0.2) is 156 Å². The van der Waals surface area contributed by atoms with Crippen molar-refractivity contribution >= 4 is 89.7 Å². The predicted molar refractivity (Wildman–Crippen MR) is 227 cm³/mol.